The zero-order valence-corrected chi connectivity index (χ0v) is 15.8. The highest BCUT2D eigenvalue weighted by Gasteiger charge is 2.16. The number of benzene rings is 3. The molecular formula is C21H23NO3S. The highest BCUT2D eigenvalue weighted by Crippen LogP contribution is 2.26. The van der Waals surface area contributed by atoms with Gasteiger partial charge in [0.1, 0.15) is 0 Å². The quantitative estimate of drug-likeness (QED) is 0.693. The van der Waals surface area contributed by atoms with E-state index in [0.29, 0.717) is 6.42 Å². The third kappa shape index (κ3) is 3.96. The van der Waals surface area contributed by atoms with E-state index < -0.39 is 16.1 Å². The minimum atomic E-state index is -3.58. The van der Waals surface area contributed by atoms with Gasteiger partial charge in [-0.2, -0.15) is 0 Å². The molecule has 0 aliphatic rings. The Hall–Kier alpha value is -2.21. The van der Waals surface area contributed by atoms with Crippen LogP contribution in [0.1, 0.15) is 29.2 Å². The van der Waals surface area contributed by atoms with Gasteiger partial charge >= 0.3 is 0 Å². The van der Waals surface area contributed by atoms with Crippen molar-refractivity contribution in [3.05, 3.63) is 77.4 Å². The normalized spacial score (nSPS) is 13.0. The standard InChI is InChI=1S/C21H23NO3S/c1-15-10-11-18(14-16(15)2)26(24,25)22-13-12-21(23)20-9-5-7-17-6-3-4-8-19(17)20/h3-11,14,21-23H,12-13H2,1-2H3/t21-/m0/s1. The third-order valence-electron chi connectivity index (χ3n) is 4.68. The number of fused-ring (bicyclic) bond motifs is 1. The number of aliphatic hydroxyl groups excluding tert-OH is 1. The van der Waals surface area contributed by atoms with E-state index >= 15 is 0 Å². The molecular weight excluding hydrogens is 346 g/mol. The average molecular weight is 369 g/mol. The molecule has 0 radical (unpaired) electrons. The maximum absolute atomic E-state index is 12.4. The molecule has 26 heavy (non-hydrogen) atoms. The number of aliphatic hydroxyl groups is 1. The van der Waals surface area contributed by atoms with Crippen molar-refractivity contribution in [1.82, 2.24) is 4.72 Å². The summed E-state index contributed by atoms with van der Waals surface area (Å²) in [6.45, 7) is 4.00. The fraction of sp³-hybridized carbons (Fsp3) is 0.238. The second kappa shape index (κ2) is 7.58. The van der Waals surface area contributed by atoms with Gasteiger partial charge < -0.3 is 5.11 Å². The Morgan fingerprint density at radius 1 is 0.962 bits per heavy atom. The number of nitrogens with one attached hydrogen (secondary N) is 1. The molecule has 0 amide bonds. The smallest absolute Gasteiger partial charge is 0.240 e. The largest absolute Gasteiger partial charge is 0.388 e. The second-order valence-electron chi connectivity index (χ2n) is 6.52. The Balaban J connectivity index is 1.69. The maximum atomic E-state index is 12.4. The summed E-state index contributed by atoms with van der Waals surface area (Å²) < 4.78 is 27.4. The predicted octanol–water partition coefficient (Wildman–Crippen LogP) is 3.86. The van der Waals surface area contributed by atoms with Crippen LogP contribution in [-0.4, -0.2) is 20.1 Å². The van der Waals surface area contributed by atoms with Gasteiger partial charge in [0.15, 0.2) is 0 Å². The molecule has 0 saturated heterocycles. The van der Waals surface area contributed by atoms with Gasteiger partial charge in [-0.05, 0) is 59.9 Å². The molecule has 136 valence electrons. The number of sulfonamides is 1. The van der Waals surface area contributed by atoms with Gasteiger partial charge in [-0.1, -0.05) is 48.5 Å². The first-order valence-corrected chi connectivity index (χ1v) is 10.1. The minimum absolute atomic E-state index is 0.166. The Labute approximate surface area is 154 Å². The highest BCUT2D eigenvalue weighted by atomic mass is 32.2. The molecule has 1 atom stereocenters. The van der Waals surface area contributed by atoms with E-state index in [9.17, 15) is 13.5 Å². The zero-order chi connectivity index (χ0) is 18.7. The molecule has 0 saturated carbocycles. The number of aryl methyl sites for hydroxylation is 2. The molecule has 3 aromatic rings. The van der Waals surface area contributed by atoms with Crippen molar-refractivity contribution in [3.8, 4) is 0 Å². The lowest BCUT2D eigenvalue weighted by atomic mass is 9.99. The van der Waals surface area contributed by atoms with Crippen molar-refractivity contribution in [1.29, 1.82) is 0 Å². The summed E-state index contributed by atoms with van der Waals surface area (Å²) in [6.07, 6.45) is -0.429. The zero-order valence-electron chi connectivity index (χ0n) is 14.9. The highest BCUT2D eigenvalue weighted by molar-refractivity contribution is 7.89. The van der Waals surface area contributed by atoms with E-state index in [1.807, 2.05) is 56.3 Å². The predicted molar refractivity (Wildman–Crippen MR) is 105 cm³/mol. The Morgan fingerprint density at radius 3 is 2.46 bits per heavy atom. The summed E-state index contributed by atoms with van der Waals surface area (Å²) in [5.41, 5.74) is 2.80. The Morgan fingerprint density at radius 2 is 1.69 bits per heavy atom. The lowest BCUT2D eigenvalue weighted by molar-refractivity contribution is 0.170. The topological polar surface area (TPSA) is 66.4 Å². The van der Waals surface area contributed by atoms with Crippen LogP contribution in [0.3, 0.4) is 0 Å². The summed E-state index contributed by atoms with van der Waals surface area (Å²) in [4.78, 5) is 0.250. The van der Waals surface area contributed by atoms with Gasteiger partial charge in [0.2, 0.25) is 10.0 Å². The lowest BCUT2D eigenvalue weighted by Gasteiger charge is -2.15. The SMILES string of the molecule is Cc1ccc(S(=O)(=O)NCC[C@H](O)c2cccc3ccccc23)cc1C. The number of hydrogen-bond donors (Lipinski definition) is 2. The van der Waals surface area contributed by atoms with E-state index in [2.05, 4.69) is 4.72 Å². The number of rotatable bonds is 6. The van der Waals surface area contributed by atoms with Gasteiger partial charge in [0.05, 0.1) is 11.0 Å². The fourth-order valence-electron chi connectivity index (χ4n) is 2.99. The van der Waals surface area contributed by atoms with Crippen LogP contribution in [0.4, 0.5) is 0 Å². The van der Waals surface area contributed by atoms with Crippen LogP contribution in [-0.2, 0) is 10.0 Å². The molecule has 4 nitrogen and oxygen atoms in total. The Bertz CT molecular complexity index is 1020. The van der Waals surface area contributed by atoms with Crippen molar-refractivity contribution in [2.45, 2.75) is 31.3 Å². The first-order valence-electron chi connectivity index (χ1n) is 8.61. The molecule has 0 unspecified atom stereocenters. The molecule has 0 fully saturated rings. The molecule has 3 rings (SSSR count). The lowest BCUT2D eigenvalue weighted by Crippen LogP contribution is -2.26. The molecule has 0 heterocycles. The van der Waals surface area contributed by atoms with Crippen molar-refractivity contribution in [2.75, 3.05) is 6.54 Å². The molecule has 0 spiro atoms. The van der Waals surface area contributed by atoms with Crippen LogP contribution in [0.15, 0.2) is 65.6 Å². The van der Waals surface area contributed by atoms with E-state index in [4.69, 9.17) is 0 Å². The first kappa shape index (κ1) is 18.6. The first-order chi connectivity index (χ1) is 12.4. The van der Waals surface area contributed by atoms with E-state index in [-0.39, 0.29) is 11.4 Å². The fourth-order valence-corrected chi connectivity index (χ4v) is 4.12. The summed E-state index contributed by atoms with van der Waals surface area (Å²) in [7, 11) is -3.58. The van der Waals surface area contributed by atoms with Gasteiger partial charge in [-0.25, -0.2) is 13.1 Å². The van der Waals surface area contributed by atoms with Gasteiger partial charge in [-0.15, -0.1) is 0 Å². The van der Waals surface area contributed by atoms with E-state index in [1.54, 1.807) is 18.2 Å². The summed E-state index contributed by atoms with van der Waals surface area (Å²) in [5, 5.41) is 12.6. The van der Waals surface area contributed by atoms with Crippen molar-refractivity contribution in [2.24, 2.45) is 0 Å². The summed E-state index contributed by atoms with van der Waals surface area (Å²) in [6, 6.07) is 18.7. The molecule has 0 aromatic heterocycles. The van der Waals surface area contributed by atoms with Gasteiger partial charge in [-0.3, -0.25) is 0 Å². The molecule has 2 N–H and O–H groups in total. The van der Waals surface area contributed by atoms with Crippen LogP contribution >= 0.6 is 0 Å². The van der Waals surface area contributed by atoms with Crippen LogP contribution < -0.4 is 4.72 Å². The third-order valence-corrected chi connectivity index (χ3v) is 6.14. The Kier molecular flexibility index (Phi) is 5.41. The summed E-state index contributed by atoms with van der Waals surface area (Å²) >= 11 is 0. The minimum Gasteiger partial charge on any atom is -0.388 e. The molecule has 0 bridgehead atoms. The molecule has 0 aliphatic carbocycles. The van der Waals surface area contributed by atoms with Crippen LogP contribution in [0.5, 0.6) is 0 Å². The van der Waals surface area contributed by atoms with Crippen LogP contribution in [0.2, 0.25) is 0 Å². The molecule has 5 heteroatoms. The monoisotopic (exact) mass is 369 g/mol. The molecule has 0 aliphatic heterocycles. The van der Waals surface area contributed by atoms with Crippen LogP contribution in [0, 0.1) is 13.8 Å². The van der Waals surface area contributed by atoms with Crippen molar-refractivity contribution < 1.29 is 13.5 Å². The maximum Gasteiger partial charge on any atom is 0.240 e. The summed E-state index contributed by atoms with van der Waals surface area (Å²) in [5.74, 6) is 0. The number of hydrogen-bond acceptors (Lipinski definition) is 3. The molecule has 3 aromatic carbocycles. The second-order valence-corrected chi connectivity index (χ2v) is 8.28. The van der Waals surface area contributed by atoms with Crippen LogP contribution in [0.25, 0.3) is 10.8 Å². The average Bonchev–Trinajstić information content (AvgIpc) is 2.63. The van der Waals surface area contributed by atoms with E-state index in [1.165, 1.54) is 0 Å². The van der Waals surface area contributed by atoms with Crippen molar-refractivity contribution in [3.63, 3.8) is 0 Å². The van der Waals surface area contributed by atoms with Gasteiger partial charge in [0.25, 0.3) is 0 Å². The van der Waals surface area contributed by atoms with E-state index in [0.717, 1.165) is 27.5 Å². The van der Waals surface area contributed by atoms with Crippen molar-refractivity contribution >= 4 is 20.8 Å². The van der Waals surface area contributed by atoms with Gasteiger partial charge in [0, 0.05) is 6.54 Å².